The van der Waals surface area contributed by atoms with E-state index < -0.39 is 5.54 Å². The van der Waals surface area contributed by atoms with Crippen molar-refractivity contribution in [1.29, 1.82) is 5.26 Å². The van der Waals surface area contributed by atoms with Crippen molar-refractivity contribution in [3.05, 3.63) is 23.7 Å². The molecule has 0 N–H and O–H groups in total. The first-order chi connectivity index (χ1) is 9.47. The molecule has 1 saturated heterocycles. The van der Waals surface area contributed by atoms with Crippen LogP contribution in [0.15, 0.2) is 16.5 Å². The summed E-state index contributed by atoms with van der Waals surface area (Å²) in [5.41, 5.74) is -0.477. The predicted molar refractivity (Wildman–Crippen MR) is 75.3 cm³/mol. The molecule has 20 heavy (non-hydrogen) atoms. The predicted octanol–water partition coefficient (Wildman–Crippen LogP) is 1.90. The van der Waals surface area contributed by atoms with E-state index >= 15 is 0 Å². The molecule has 0 spiro atoms. The number of nitriles is 1. The third-order valence-corrected chi connectivity index (χ3v) is 3.85. The molecule has 0 unspecified atom stereocenters. The molecular formula is C15H21N3O2. The fourth-order valence-electron chi connectivity index (χ4n) is 2.38. The van der Waals surface area contributed by atoms with E-state index in [4.69, 9.17) is 9.68 Å². The van der Waals surface area contributed by atoms with Crippen molar-refractivity contribution in [3.8, 4) is 6.07 Å². The van der Waals surface area contributed by atoms with Gasteiger partial charge in [0.2, 0.25) is 0 Å². The van der Waals surface area contributed by atoms with E-state index in [0.717, 1.165) is 12.2 Å². The minimum atomic E-state index is -0.477. The topological polar surface area (TPSA) is 60.5 Å². The van der Waals surface area contributed by atoms with E-state index in [9.17, 15) is 4.79 Å². The smallest absolute Gasteiger partial charge is 0.289 e. The maximum absolute atomic E-state index is 12.3. The second-order valence-electron chi connectivity index (χ2n) is 5.57. The van der Waals surface area contributed by atoms with Crippen molar-refractivity contribution < 1.29 is 9.21 Å². The highest BCUT2D eigenvalue weighted by Gasteiger charge is 2.31. The summed E-state index contributed by atoms with van der Waals surface area (Å²) < 4.78 is 5.51. The Labute approximate surface area is 119 Å². The third-order valence-electron chi connectivity index (χ3n) is 3.85. The summed E-state index contributed by atoms with van der Waals surface area (Å²) >= 11 is 0. The molecule has 1 aliphatic rings. The molecule has 0 radical (unpaired) electrons. The summed E-state index contributed by atoms with van der Waals surface area (Å²) in [5.74, 6) is 1.19. The molecular weight excluding hydrogens is 254 g/mol. The van der Waals surface area contributed by atoms with Crippen LogP contribution in [0.4, 0.5) is 0 Å². The zero-order chi connectivity index (χ0) is 14.8. The fourth-order valence-corrected chi connectivity index (χ4v) is 2.38. The quantitative estimate of drug-likeness (QED) is 0.845. The standard InChI is InChI=1S/C15H21N3O2/c1-4-12-5-6-13(20-12)14(19)17-7-9-18(10-8-17)15(2,3)11-16/h5-6H,4,7-10H2,1-3H3. The highest BCUT2D eigenvalue weighted by molar-refractivity contribution is 5.91. The van der Waals surface area contributed by atoms with Gasteiger partial charge in [-0.15, -0.1) is 0 Å². The molecule has 1 aliphatic heterocycles. The second kappa shape index (κ2) is 5.68. The Kier molecular flexibility index (Phi) is 4.15. The molecule has 5 nitrogen and oxygen atoms in total. The molecule has 108 valence electrons. The van der Waals surface area contributed by atoms with Gasteiger partial charge < -0.3 is 9.32 Å². The largest absolute Gasteiger partial charge is 0.456 e. The SMILES string of the molecule is CCc1ccc(C(=O)N2CCN(C(C)(C)C#N)CC2)o1. The molecule has 0 aromatic carbocycles. The average Bonchev–Trinajstić information content (AvgIpc) is 2.95. The van der Waals surface area contributed by atoms with E-state index in [1.807, 2.05) is 26.8 Å². The summed E-state index contributed by atoms with van der Waals surface area (Å²) in [6.45, 7) is 8.50. The van der Waals surface area contributed by atoms with Crippen molar-refractivity contribution >= 4 is 5.91 Å². The first-order valence-electron chi connectivity index (χ1n) is 7.02. The van der Waals surface area contributed by atoms with Crippen LogP contribution < -0.4 is 0 Å². The fraction of sp³-hybridized carbons (Fsp3) is 0.600. The minimum absolute atomic E-state index is 0.0564. The number of carbonyl (C=O) groups is 1. The van der Waals surface area contributed by atoms with Crippen LogP contribution in [0.5, 0.6) is 0 Å². The number of piperazine rings is 1. The van der Waals surface area contributed by atoms with Crippen molar-refractivity contribution in [3.63, 3.8) is 0 Å². The first-order valence-corrected chi connectivity index (χ1v) is 7.02. The molecule has 5 heteroatoms. The van der Waals surface area contributed by atoms with Crippen LogP contribution in [0.25, 0.3) is 0 Å². The minimum Gasteiger partial charge on any atom is -0.456 e. The second-order valence-corrected chi connectivity index (χ2v) is 5.57. The lowest BCUT2D eigenvalue weighted by Crippen LogP contribution is -2.55. The molecule has 1 amide bonds. The molecule has 2 heterocycles. The molecule has 0 aliphatic carbocycles. The summed E-state index contributed by atoms with van der Waals surface area (Å²) in [5, 5.41) is 9.14. The van der Waals surface area contributed by atoms with Crippen LogP contribution in [-0.4, -0.2) is 47.4 Å². The van der Waals surface area contributed by atoms with E-state index in [1.54, 1.807) is 11.0 Å². The van der Waals surface area contributed by atoms with Crippen LogP contribution in [0.2, 0.25) is 0 Å². The van der Waals surface area contributed by atoms with Gasteiger partial charge in [0.05, 0.1) is 6.07 Å². The monoisotopic (exact) mass is 275 g/mol. The summed E-state index contributed by atoms with van der Waals surface area (Å²) in [6, 6.07) is 5.89. The van der Waals surface area contributed by atoms with Gasteiger partial charge in [-0.1, -0.05) is 6.92 Å². The van der Waals surface area contributed by atoms with Gasteiger partial charge >= 0.3 is 0 Å². The van der Waals surface area contributed by atoms with Crippen LogP contribution in [-0.2, 0) is 6.42 Å². The Morgan fingerprint density at radius 1 is 1.35 bits per heavy atom. The highest BCUT2D eigenvalue weighted by Crippen LogP contribution is 2.18. The van der Waals surface area contributed by atoms with E-state index in [1.165, 1.54) is 0 Å². The molecule has 1 aromatic heterocycles. The lowest BCUT2D eigenvalue weighted by Gasteiger charge is -2.40. The van der Waals surface area contributed by atoms with Gasteiger partial charge in [-0.25, -0.2) is 0 Å². The molecule has 0 atom stereocenters. The first kappa shape index (κ1) is 14.6. The summed E-state index contributed by atoms with van der Waals surface area (Å²) in [6.07, 6.45) is 0.789. The Bertz CT molecular complexity index is 519. The van der Waals surface area contributed by atoms with Gasteiger partial charge in [-0.05, 0) is 26.0 Å². The highest BCUT2D eigenvalue weighted by atomic mass is 16.4. The number of furan rings is 1. The van der Waals surface area contributed by atoms with Crippen molar-refractivity contribution in [2.45, 2.75) is 32.7 Å². The van der Waals surface area contributed by atoms with Gasteiger partial charge in [0.15, 0.2) is 5.76 Å². The van der Waals surface area contributed by atoms with Crippen LogP contribution in [0.1, 0.15) is 37.1 Å². The number of hydrogen-bond acceptors (Lipinski definition) is 4. The van der Waals surface area contributed by atoms with Crippen molar-refractivity contribution in [1.82, 2.24) is 9.80 Å². The number of amides is 1. The number of carbonyl (C=O) groups excluding carboxylic acids is 1. The Balaban J connectivity index is 1.97. The summed E-state index contributed by atoms with van der Waals surface area (Å²) in [7, 11) is 0. The van der Waals surface area contributed by atoms with Gasteiger partial charge in [-0.3, -0.25) is 9.69 Å². The number of rotatable bonds is 3. The van der Waals surface area contributed by atoms with Crippen molar-refractivity contribution in [2.24, 2.45) is 0 Å². The van der Waals surface area contributed by atoms with Crippen molar-refractivity contribution in [2.75, 3.05) is 26.2 Å². The molecule has 0 bridgehead atoms. The van der Waals surface area contributed by atoms with Gasteiger partial charge in [0, 0.05) is 32.6 Å². The Hall–Kier alpha value is -1.80. The van der Waals surface area contributed by atoms with Gasteiger partial charge in [-0.2, -0.15) is 5.26 Å². The number of aryl methyl sites for hydroxylation is 1. The summed E-state index contributed by atoms with van der Waals surface area (Å²) in [4.78, 5) is 16.2. The number of hydrogen-bond donors (Lipinski definition) is 0. The lowest BCUT2D eigenvalue weighted by atomic mass is 10.0. The molecule has 0 saturated carbocycles. The van der Waals surface area contributed by atoms with Crippen LogP contribution in [0, 0.1) is 11.3 Å². The number of nitrogens with zero attached hydrogens (tertiary/aromatic N) is 3. The molecule has 1 fully saturated rings. The Morgan fingerprint density at radius 2 is 2.00 bits per heavy atom. The normalized spacial score (nSPS) is 17.0. The van der Waals surface area contributed by atoms with E-state index in [2.05, 4.69) is 11.0 Å². The average molecular weight is 275 g/mol. The zero-order valence-electron chi connectivity index (χ0n) is 12.3. The lowest BCUT2D eigenvalue weighted by molar-refractivity contribution is 0.0493. The van der Waals surface area contributed by atoms with Crippen LogP contribution >= 0.6 is 0 Å². The van der Waals surface area contributed by atoms with Crippen LogP contribution in [0.3, 0.4) is 0 Å². The molecule has 2 rings (SSSR count). The molecule has 1 aromatic rings. The third kappa shape index (κ3) is 2.86. The van der Waals surface area contributed by atoms with E-state index in [0.29, 0.717) is 31.9 Å². The zero-order valence-corrected chi connectivity index (χ0v) is 12.3. The van der Waals surface area contributed by atoms with E-state index in [-0.39, 0.29) is 5.91 Å². The maximum atomic E-state index is 12.3. The van der Waals surface area contributed by atoms with Gasteiger partial charge in [0.25, 0.3) is 5.91 Å². The van der Waals surface area contributed by atoms with Gasteiger partial charge in [0.1, 0.15) is 11.3 Å². The Morgan fingerprint density at radius 3 is 2.50 bits per heavy atom. The maximum Gasteiger partial charge on any atom is 0.289 e.